The molecule has 0 amide bonds. The summed E-state index contributed by atoms with van der Waals surface area (Å²) in [6.07, 6.45) is 7.53. The minimum absolute atomic E-state index is 0.0590. The van der Waals surface area contributed by atoms with Crippen molar-refractivity contribution in [3.05, 3.63) is 46.7 Å². The summed E-state index contributed by atoms with van der Waals surface area (Å²) in [4.78, 5) is 0.278. The Labute approximate surface area is 139 Å². The van der Waals surface area contributed by atoms with Crippen LogP contribution in [0.1, 0.15) is 32.3 Å². The smallest absolute Gasteiger partial charge is 0.207 e. The van der Waals surface area contributed by atoms with Crippen molar-refractivity contribution in [1.82, 2.24) is 4.31 Å². The van der Waals surface area contributed by atoms with Gasteiger partial charge in [-0.05, 0) is 49.0 Å². The van der Waals surface area contributed by atoms with E-state index in [-0.39, 0.29) is 17.4 Å². The van der Waals surface area contributed by atoms with Crippen molar-refractivity contribution in [1.29, 1.82) is 0 Å². The molecule has 1 aromatic carbocycles. The summed E-state index contributed by atoms with van der Waals surface area (Å²) < 4.78 is 27.1. The van der Waals surface area contributed by atoms with E-state index in [4.69, 9.17) is 6.42 Å². The molecular formula is C19H23NO2S. The Morgan fingerprint density at radius 3 is 2.35 bits per heavy atom. The summed E-state index contributed by atoms with van der Waals surface area (Å²) in [5, 5.41) is 0. The molecule has 1 aliphatic carbocycles. The maximum absolute atomic E-state index is 12.9. The van der Waals surface area contributed by atoms with Crippen molar-refractivity contribution in [2.75, 3.05) is 13.1 Å². The molecule has 0 atom stereocenters. The molecule has 0 heterocycles. The molecule has 1 aliphatic rings. The van der Waals surface area contributed by atoms with E-state index in [2.05, 4.69) is 25.5 Å². The Kier molecular flexibility index (Phi) is 5.49. The Morgan fingerprint density at radius 1 is 1.26 bits per heavy atom. The minimum Gasteiger partial charge on any atom is -0.207 e. The molecule has 0 spiro atoms. The number of nitrogens with zero attached hydrogens (tertiary/aromatic N) is 1. The van der Waals surface area contributed by atoms with Crippen molar-refractivity contribution in [3.8, 4) is 12.3 Å². The lowest BCUT2D eigenvalue weighted by molar-refractivity contribution is 0.459. The molecule has 1 saturated carbocycles. The van der Waals surface area contributed by atoms with Crippen LogP contribution < -0.4 is 0 Å². The van der Waals surface area contributed by atoms with Gasteiger partial charge in [-0.15, -0.1) is 12.2 Å². The van der Waals surface area contributed by atoms with Crippen LogP contribution >= 0.6 is 0 Å². The summed E-state index contributed by atoms with van der Waals surface area (Å²) in [5.41, 5.74) is 6.65. The van der Waals surface area contributed by atoms with Gasteiger partial charge in [-0.1, -0.05) is 37.5 Å². The van der Waals surface area contributed by atoms with E-state index in [1.165, 1.54) is 9.88 Å². The molecule has 1 aromatic rings. The quantitative estimate of drug-likeness (QED) is 0.591. The average Bonchev–Trinajstić information content (AvgIpc) is 3.30. The third-order valence-corrected chi connectivity index (χ3v) is 5.61. The van der Waals surface area contributed by atoms with E-state index in [9.17, 15) is 8.42 Å². The third kappa shape index (κ3) is 4.59. The van der Waals surface area contributed by atoms with Gasteiger partial charge in [0.25, 0.3) is 0 Å². The van der Waals surface area contributed by atoms with Gasteiger partial charge in [-0.2, -0.15) is 4.31 Å². The molecule has 122 valence electrons. The van der Waals surface area contributed by atoms with E-state index < -0.39 is 10.0 Å². The van der Waals surface area contributed by atoms with Gasteiger partial charge in [-0.25, -0.2) is 8.42 Å². The van der Waals surface area contributed by atoms with Gasteiger partial charge in [0.2, 0.25) is 10.0 Å². The van der Waals surface area contributed by atoms with Crippen molar-refractivity contribution in [2.24, 2.45) is 5.92 Å². The standard InChI is InChI=1S/C19H23NO2S/c1-5-12-20(14-18(15(2)3)13-17-8-9-17)23(21,22)19-10-6-16(4)7-11-19/h1,6-7,10-11,15H,8-9,12,14H2,2-4H3. The largest absolute Gasteiger partial charge is 0.244 e. The normalized spacial score (nSPS) is 13.8. The first-order chi connectivity index (χ1) is 10.8. The van der Waals surface area contributed by atoms with Crippen LogP contribution in [0.5, 0.6) is 0 Å². The van der Waals surface area contributed by atoms with E-state index in [1.807, 2.05) is 6.92 Å². The van der Waals surface area contributed by atoms with E-state index >= 15 is 0 Å². The molecule has 23 heavy (non-hydrogen) atoms. The van der Waals surface area contributed by atoms with Gasteiger partial charge >= 0.3 is 0 Å². The predicted octanol–water partition coefficient (Wildman–Crippen LogP) is 3.52. The topological polar surface area (TPSA) is 37.4 Å². The molecule has 0 radical (unpaired) electrons. The molecule has 0 bridgehead atoms. The van der Waals surface area contributed by atoms with E-state index in [1.54, 1.807) is 24.3 Å². The zero-order chi connectivity index (χ0) is 17.0. The summed E-state index contributed by atoms with van der Waals surface area (Å²) in [6, 6.07) is 6.86. The number of hydrogen-bond acceptors (Lipinski definition) is 2. The highest BCUT2D eigenvalue weighted by atomic mass is 32.2. The van der Waals surface area contributed by atoms with Crippen LogP contribution in [0, 0.1) is 25.2 Å². The predicted molar refractivity (Wildman–Crippen MR) is 93.4 cm³/mol. The molecule has 0 aliphatic heterocycles. The van der Waals surface area contributed by atoms with Crippen LogP contribution in [0.15, 0.2) is 46.0 Å². The highest BCUT2D eigenvalue weighted by molar-refractivity contribution is 7.89. The number of aryl methyl sites for hydroxylation is 1. The van der Waals surface area contributed by atoms with Gasteiger partial charge in [0, 0.05) is 6.54 Å². The zero-order valence-electron chi connectivity index (χ0n) is 14.0. The van der Waals surface area contributed by atoms with Crippen LogP contribution in [-0.4, -0.2) is 25.8 Å². The Hall–Kier alpha value is -1.79. The van der Waals surface area contributed by atoms with Crippen LogP contribution in [0.4, 0.5) is 0 Å². The van der Waals surface area contributed by atoms with Gasteiger partial charge in [0.1, 0.15) is 0 Å². The van der Waals surface area contributed by atoms with Crippen LogP contribution in [0.25, 0.3) is 0 Å². The molecule has 0 unspecified atom stereocenters. The highest BCUT2D eigenvalue weighted by Gasteiger charge is 2.25. The SMILES string of the molecule is C#CCN(CC(=C=C1CC1)C(C)C)S(=O)(=O)c1ccc(C)cc1. The summed E-state index contributed by atoms with van der Waals surface area (Å²) in [6.45, 7) is 6.39. The van der Waals surface area contributed by atoms with E-state index in [0.717, 1.165) is 24.0 Å². The highest BCUT2D eigenvalue weighted by Crippen LogP contribution is 2.28. The lowest BCUT2D eigenvalue weighted by Gasteiger charge is -2.22. The Morgan fingerprint density at radius 2 is 1.87 bits per heavy atom. The number of terminal acetylenes is 1. The number of hydrogen-bond donors (Lipinski definition) is 0. The summed E-state index contributed by atoms with van der Waals surface area (Å²) in [5.74, 6) is 2.70. The number of benzene rings is 1. The van der Waals surface area contributed by atoms with Crippen LogP contribution in [-0.2, 0) is 10.0 Å². The van der Waals surface area contributed by atoms with Crippen molar-refractivity contribution in [3.63, 3.8) is 0 Å². The second kappa shape index (κ2) is 7.19. The number of rotatable bonds is 6. The van der Waals surface area contributed by atoms with Gasteiger partial charge in [0.05, 0.1) is 11.4 Å². The van der Waals surface area contributed by atoms with E-state index in [0.29, 0.717) is 6.54 Å². The summed E-state index contributed by atoms with van der Waals surface area (Å²) in [7, 11) is -3.60. The Balaban J connectivity index is 2.36. The third-order valence-electron chi connectivity index (χ3n) is 3.81. The number of sulfonamides is 1. The lowest BCUT2D eigenvalue weighted by atomic mass is 10.0. The Bertz CT molecular complexity index is 768. The molecule has 3 nitrogen and oxygen atoms in total. The molecule has 4 heteroatoms. The first kappa shape index (κ1) is 17.6. The average molecular weight is 329 g/mol. The summed E-state index contributed by atoms with van der Waals surface area (Å²) >= 11 is 0. The van der Waals surface area contributed by atoms with Gasteiger partial charge in [0.15, 0.2) is 0 Å². The molecule has 0 saturated heterocycles. The molecular weight excluding hydrogens is 306 g/mol. The van der Waals surface area contributed by atoms with Gasteiger partial charge in [-0.3, -0.25) is 0 Å². The molecule has 0 aromatic heterocycles. The van der Waals surface area contributed by atoms with Crippen LogP contribution in [0.3, 0.4) is 0 Å². The molecule has 1 fully saturated rings. The zero-order valence-corrected chi connectivity index (χ0v) is 14.8. The molecule has 2 rings (SSSR count). The second-order valence-electron chi connectivity index (χ2n) is 6.20. The minimum atomic E-state index is -3.60. The first-order valence-electron chi connectivity index (χ1n) is 7.82. The van der Waals surface area contributed by atoms with Crippen molar-refractivity contribution < 1.29 is 8.42 Å². The van der Waals surface area contributed by atoms with Crippen LogP contribution in [0.2, 0.25) is 0 Å². The van der Waals surface area contributed by atoms with Crippen molar-refractivity contribution >= 4 is 10.0 Å². The van der Waals surface area contributed by atoms with Gasteiger partial charge < -0.3 is 0 Å². The molecule has 0 N–H and O–H groups in total. The first-order valence-corrected chi connectivity index (χ1v) is 9.26. The fourth-order valence-corrected chi connectivity index (χ4v) is 3.49. The lowest BCUT2D eigenvalue weighted by Crippen LogP contribution is -2.34. The fraction of sp³-hybridized carbons (Fsp3) is 0.421. The monoisotopic (exact) mass is 329 g/mol. The maximum Gasteiger partial charge on any atom is 0.244 e. The van der Waals surface area contributed by atoms with Crippen molar-refractivity contribution in [2.45, 2.75) is 38.5 Å². The maximum atomic E-state index is 12.9. The fourth-order valence-electron chi connectivity index (χ4n) is 2.16. The second-order valence-corrected chi connectivity index (χ2v) is 8.14.